The van der Waals surface area contributed by atoms with Crippen LogP contribution in [0.5, 0.6) is 5.75 Å². The summed E-state index contributed by atoms with van der Waals surface area (Å²) in [7, 11) is -3.80. The molecule has 1 saturated heterocycles. The van der Waals surface area contributed by atoms with E-state index in [1.807, 2.05) is 0 Å². The highest BCUT2D eigenvalue weighted by Gasteiger charge is 2.19. The highest BCUT2D eigenvalue weighted by molar-refractivity contribution is 7.92. The molecule has 0 spiro atoms. The van der Waals surface area contributed by atoms with Crippen LogP contribution in [-0.4, -0.2) is 55.7 Å². The van der Waals surface area contributed by atoms with E-state index < -0.39 is 16.0 Å². The van der Waals surface area contributed by atoms with Crippen LogP contribution >= 0.6 is 0 Å². The van der Waals surface area contributed by atoms with E-state index in [4.69, 9.17) is 4.84 Å². The number of phenols is 1. The van der Waals surface area contributed by atoms with Gasteiger partial charge in [0.1, 0.15) is 17.1 Å². The third kappa shape index (κ3) is 5.92. The zero-order valence-corrected chi connectivity index (χ0v) is 18.8. The lowest BCUT2D eigenvalue weighted by molar-refractivity contribution is -0.115. The monoisotopic (exact) mass is 482 g/mol. The number of nitrogens with zero attached hydrogens (tertiary/aromatic N) is 4. The number of hydrogen-bond acceptors (Lipinski definition) is 10. The second-order valence-electron chi connectivity index (χ2n) is 7.27. The maximum Gasteiger partial charge on any atom is 0.360 e. The molecule has 34 heavy (non-hydrogen) atoms. The van der Waals surface area contributed by atoms with E-state index in [1.54, 1.807) is 18.2 Å². The van der Waals surface area contributed by atoms with Gasteiger partial charge in [0, 0.05) is 32.4 Å². The van der Waals surface area contributed by atoms with E-state index in [0.29, 0.717) is 37.6 Å². The minimum Gasteiger partial charge on any atom is -0.507 e. The van der Waals surface area contributed by atoms with Crippen molar-refractivity contribution in [3.05, 3.63) is 72.4 Å². The number of aromatic nitrogens is 1. The van der Waals surface area contributed by atoms with Gasteiger partial charge in [-0.3, -0.25) is 4.72 Å². The van der Waals surface area contributed by atoms with Crippen LogP contribution in [0.4, 0.5) is 17.2 Å². The van der Waals surface area contributed by atoms with Crippen molar-refractivity contribution in [1.82, 2.24) is 15.4 Å². The van der Waals surface area contributed by atoms with Gasteiger partial charge < -0.3 is 15.3 Å². The number of benzene rings is 2. The standard InChI is InChI=1S/C22H22N6O5S/c29-20-9-6-17(15-19(20)22(30)33-28-13-11-23-12-14-28)26-25-16-4-7-18(8-5-16)34(31,32)27-21-3-1-2-10-24-21/h1-10,15,23,29H,11-14H2,(H,24,27). The summed E-state index contributed by atoms with van der Waals surface area (Å²) in [6, 6.07) is 14.9. The summed E-state index contributed by atoms with van der Waals surface area (Å²) < 4.78 is 27.4. The Morgan fingerprint density at radius 3 is 2.44 bits per heavy atom. The van der Waals surface area contributed by atoms with Crippen LogP contribution in [0.2, 0.25) is 0 Å². The van der Waals surface area contributed by atoms with E-state index in [0.717, 1.165) is 0 Å². The molecule has 2 aromatic carbocycles. The molecule has 2 heterocycles. The van der Waals surface area contributed by atoms with Crippen molar-refractivity contribution < 1.29 is 23.2 Å². The highest BCUT2D eigenvalue weighted by atomic mass is 32.2. The summed E-state index contributed by atoms with van der Waals surface area (Å²) in [5.74, 6) is -0.703. The fraction of sp³-hybridized carbons (Fsp3) is 0.182. The maximum absolute atomic E-state index is 12.5. The molecule has 0 radical (unpaired) electrons. The van der Waals surface area contributed by atoms with Gasteiger partial charge in [-0.15, -0.1) is 5.06 Å². The fourth-order valence-corrected chi connectivity index (χ4v) is 4.09. The molecule has 1 fully saturated rings. The molecule has 3 N–H and O–H groups in total. The Balaban J connectivity index is 1.44. The van der Waals surface area contributed by atoms with Gasteiger partial charge in [-0.2, -0.15) is 10.2 Å². The quantitative estimate of drug-likeness (QED) is 0.436. The number of anilines is 1. The topological polar surface area (TPSA) is 146 Å². The van der Waals surface area contributed by atoms with E-state index in [1.165, 1.54) is 53.7 Å². The van der Waals surface area contributed by atoms with Crippen LogP contribution in [0, 0.1) is 0 Å². The lowest BCUT2D eigenvalue weighted by Gasteiger charge is -2.25. The average molecular weight is 483 g/mol. The molecule has 0 bridgehead atoms. The SMILES string of the molecule is O=C(ON1CCNCC1)c1cc(N=Nc2ccc(S(=O)(=O)Nc3ccccn3)cc2)ccc1O. The number of azo groups is 1. The lowest BCUT2D eigenvalue weighted by atomic mass is 10.2. The van der Waals surface area contributed by atoms with Crippen LogP contribution in [-0.2, 0) is 14.9 Å². The van der Waals surface area contributed by atoms with Crippen LogP contribution in [0.25, 0.3) is 0 Å². The smallest absolute Gasteiger partial charge is 0.360 e. The van der Waals surface area contributed by atoms with Crippen molar-refractivity contribution in [2.45, 2.75) is 4.90 Å². The number of piperazine rings is 1. The molecule has 1 aromatic heterocycles. The van der Waals surface area contributed by atoms with Crippen LogP contribution in [0.3, 0.4) is 0 Å². The number of carbonyl (C=O) groups excluding carboxylic acids is 1. The lowest BCUT2D eigenvalue weighted by Crippen LogP contribution is -2.44. The van der Waals surface area contributed by atoms with E-state index in [2.05, 4.69) is 25.3 Å². The summed E-state index contributed by atoms with van der Waals surface area (Å²) in [5.41, 5.74) is 0.686. The Morgan fingerprint density at radius 2 is 1.74 bits per heavy atom. The average Bonchev–Trinajstić information content (AvgIpc) is 2.85. The third-order valence-corrected chi connectivity index (χ3v) is 6.19. The van der Waals surface area contributed by atoms with Crippen LogP contribution in [0.1, 0.15) is 10.4 Å². The maximum atomic E-state index is 12.5. The number of hydroxylamine groups is 2. The van der Waals surface area contributed by atoms with Gasteiger partial charge in [0.05, 0.1) is 16.3 Å². The number of nitrogens with one attached hydrogen (secondary N) is 2. The molecule has 1 aliphatic heterocycles. The van der Waals surface area contributed by atoms with Crippen molar-refractivity contribution in [3.63, 3.8) is 0 Å². The molecule has 1 aliphatic rings. The summed E-state index contributed by atoms with van der Waals surface area (Å²) in [6.07, 6.45) is 1.49. The first-order valence-corrected chi connectivity index (χ1v) is 11.9. The van der Waals surface area contributed by atoms with Crippen molar-refractivity contribution in [2.75, 3.05) is 30.9 Å². The second-order valence-corrected chi connectivity index (χ2v) is 8.96. The number of phenolic OH excluding ortho intramolecular Hbond substituents is 1. The highest BCUT2D eigenvalue weighted by Crippen LogP contribution is 2.27. The predicted molar refractivity (Wildman–Crippen MR) is 124 cm³/mol. The van der Waals surface area contributed by atoms with Gasteiger partial charge in [0.25, 0.3) is 10.0 Å². The van der Waals surface area contributed by atoms with E-state index in [-0.39, 0.29) is 22.0 Å². The molecule has 0 saturated carbocycles. The van der Waals surface area contributed by atoms with Crippen molar-refractivity contribution in [1.29, 1.82) is 0 Å². The molecule has 4 rings (SSSR count). The van der Waals surface area contributed by atoms with Crippen molar-refractivity contribution in [3.8, 4) is 5.75 Å². The number of pyridine rings is 1. The molecular weight excluding hydrogens is 460 g/mol. The molecule has 3 aromatic rings. The first-order chi connectivity index (χ1) is 16.4. The number of carbonyl (C=O) groups is 1. The number of hydrogen-bond donors (Lipinski definition) is 3. The Bertz CT molecular complexity index is 1280. The second kappa shape index (κ2) is 10.4. The molecular formula is C22H22N6O5S. The molecule has 0 aliphatic carbocycles. The summed E-state index contributed by atoms with van der Waals surface area (Å²) in [5, 5.41) is 22.9. The van der Waals surface area contributed by atoms with Crippen molar-refractivity contribution in [2.24, 2.45) is 10.2 Å². The molecule has 176 valence electrons. The molecule has 0 unspecified atom stereocenters. The van der Waals surface area contributed by atoms with Crippen molar-refractivity contribution >= 4 is 33.2 Å². The minimum absolute atomic E-state index is 0.0305. The summed E-state index contributed by atoms with van der Waals surface area (Å²) >= 11 is 0. The third-order valence-electron chi connectivity index (χ3n) is 4.82. The van der Waals surface area contributed by atoms with E-state index in [9.17, 15) is 18.3 Å². The predicted octanol–water partition coefficient (Wildman–Crippen LogP) is 2.98. The Labute approximate surface area is 196 Å². The summed E-state index contributed by atoms with van der Waals surface area (Å²) in [6.45, 7) is 2.50. The fourth-order valence-electron chi connectivity index (χ4n) is 3.08. The Hall–Kier alpha value is -3.87. The molecule has 11 nitrogen and oxygen atoms in total. The zero-order chi connectivity index (χ0) is 24.0. The number of rotatable bonds is 7. The van der Waals surface area contributed by atoms with Gasteiger partial charge in [0.15, 0.2) is 0 Å². The van der Waals surface area contributed by atoms with Gasteiger partial charge in [-0.1, -0.05) is 6.07 Å². The summed E-state index contributed by atoms with van der Waals surface area (Å²) in [4.78, 5) is 21.7. The zero-order valence-electron chi connectivity index (χ0n) is 18.0. The number of sulfonamides is 1. The Kier molecular flexibility index (Phi) is 7.11. The normalized spacial score (nSPS) is 14.7. The van der Waals surface area contributed by atoms with Gasteiger partial charge in [-0.05, 0) is 54.6 Å². The molecule has 0 atom stereocenters. The molecule has 12 heteroatoms. The molecule has 0 amide bonds. The van der Waals surface area contributed by atoms with Crippen LogP contribution in [0.15, 0.2) is 82.0 Å². The number of aromatic hydroxyl groups is 1. The van der Waals surface area contributed by atoms with Gasteiger partial charge in [-0.25, -0.2) is 18.2 Å². The largest absolute Gasteiger partial charge is 0.507 e. The first kappa shape index (κ1) is 23.3. The van der Waals surface area contributed by atoms with Crippen LogP contribution < -0.4 is 10.0 Å². The van der Waals surface area contributed by atoms with Gasteiger partial charge >= 0.3 is 5.97 Å². The van der Waals surface area contributed by atoms with E-state index >= 15 is 0 Å². The Morgan fingerprint density at radius 1 is 1.03 bits per heavy atom. The minimum atomic E-state index is -3.80. The first-order valence-electron chi connectivity index (χ1n) is 10.4. The van der Waals surface area contributed by atoms with Gasteiger partial charge in [0.2, 0.25) is 0 Å².